The van der Waals surface area contributed by atoms with E-state index in [4.69, 9.17) is 27.9 Å². The van der Waals surface area contributed by atoms with E-state index in [-0.39, 0.29) is 38.0 Å². The normalized spacial score (nSPS) is 15.1. The number of rotatable bonds is 9. The summed E-state index contributed by atoms with van der Waals surface area (Å²) < 4.78 is 43.5. The van der Waals surface area contributed by atoms with Crippen molar-refractivity contribution in [2.45, 2.75) is 25.8 Å². The summed E-state index contributed by atoms with van der Waals surface area (Å²) in [5.74, 6) is -1.63. The second kappa shape index (κ2) is 12.8. The van der Waals surface area contributed by atoms with E-state index in [0.29, 0.717) is 16.3 Å². The fourth-order valence-corrected chi connectivity index (χ4v) is 3.83. The van der Waals surface area contributed by atoms with E-state index in [1.54, 1.807) is 25.1 Å². The van der Waals surface area contributed by atoms with Gasteiger partial charge in [-0.25, -0.2) is 9.79 Å². The van der Waals surface area contributed by atoms with Gasteiger partial charge in [0.05, 0.1) is 18.7 Å². The number of nitrogens with one attached hydrogen (secondary N) is 3. The van der Waals surface area contributed by atoms with Crippen LogP contribution in [0.2, 0.25) is 5.02 Å². The Bertz CT molecular complexity index is 1210. The maximum Gasteiger partial charge on any atom is 0.416 e. The van der Waals surface area contributed by atoms with Crippen molar-refractivity contribution in [1.82, 2.24) is 15.5 Å². The SMILES string of the molecule is Cc1cc(Cl)ccc1NC(=O)NC1CN(Cc2ccc(C(F)(F)F)cc2)C(C(=O)NCCOC(=O)CCl)=N1. The number of nitrogens with zero attached hydrogens (tertiary/aromatic N) is 2. The average molecular weight is 574 g/mol. The zero-order chi connectivity index (χ0) is 27.9. The van der Waals surface area contributed by atoms with Crippen LogP contribution in [0.4, 0.5) is 23.7 Å². The number of aliphatic imine (C=N–C) groups is 1. The van der Waals surface area contributed by atoms with Crippen molar-refractivity contribution in [2.75, 3.05) is 30.9 Å². The summed E-state index contributed by atoms with van der Waals surface area (Å²) in [6, 6.07) is 8.88. The van der Waals surface area contributed by atoms with Crippen molar-refractivity contribution in [2.24, 2.45) is 4.99 Å². The molecule has 1 unspecified atom stereocenters. The maximum absolute atomic E-state index is 12.9. The molecule has 38 heavy (non-hydrogen) atoms. The molecule has 3 rings (SSSR count). The van der Waals surface area contributed by atoms with E-state index in [9.17, 15) is 27.6 Å². The quantitative estimate of drug-likeness (QED) is 0.239. The summed E-state index contributed by atoms with van der Waals surface area (Å²) in [5, 5.41) is 8.42. The van der Waals surface area contributed by atoms with E-state index < -0.39 is 35.8 Å². The van der Waals surface area contributed by atoms with Crippen LogP contribution in [-0.2, 0) is 27.0 Å². The van der Waals surface area contributed by atoms with Gasteiger partial charge in [0.15, 0.2) is 5.84 Å². The molecule has 2 aromatic rings. The summed E-state index contributed by atoms with van der Waals surface area (Å²) >= 11 is 11.3. The standard InChI is InChI=1S/C24H24Cl2F3N5O4/c1-14-10-17(26)6-7-18(14)31-23(37)33-19-13-34(12-15-2-4-16(5-3-15)24(27,28)29)21(32-19)22(36)30-8-9-38-20(35)11-25/h2-7,10,19H,8-9,11-13H2,1H3,(H,30,36)(H2,31,33,37). The highest BCUT2D eigenvalue weighted by atomic mass is 35.5. The number of carbonyl (C=O) groups is 3. The predicted octanol–water partition coefficient (Wildman–Crippen LogP) is 3.93. The van der Waals surface area contributed by atoms with Gasteiger partial charge < -0.3 is 25.6 Å². The molecule has 1 aliphatic heterocycles. The molecule has 3 amide bonds. The van der Waals surface area contributed by atoms with Crippen molar-refractivity contribution in [1.29, 1.82) is 0 Å². The second-order valence-corrected chi connectivity index (χ2v) is 8.92. The Kier molecular flexibility index (Phi) is 9.81. The number of halogens is 5. The number of aryl methyl sites for hydroxylation is 1. The van der Waals surface area contributed by atoms with Gasteiger partial charge in [0, 0.05) is 17.3 Å². The predicted molar refractivity (Wildman–Crippen MR) is 136 cm³/mol. The molecule has 0 aliphatic carbocycles. The Morgan fingerprint density at radius 2 is 1.87 bits per heavy atom. The molecular formula is C24H24Cl2F3N5O4. The molecule has 0 spiro atoms. The molecule has 1 atom stereocenters. The van der Waals surface area contributed by atoms with E-state index in [2.05, 4.69) is 20.9 Å². The van der Waals surface area contributed by atoms with Crippen LogP contribution >= 0.6 is 23.2 Å². The number of anilines is 1. The van der Waals surface area contributed by atoms with Crippen molar-refractivity contribution in [3.63, 3.8) is 0 Å². The number of ether oxygens (including phenoxy) is 1. The zero-order valence-electron chi connectivity index (χ0n) is 20.1. The lowest BCUT2D eigenvalue weighted by molar-refractivity contribution is -0.140. The van der Waals surface area contributed by atoms with Crippen LogP contribution in [0.3, 0.4) is 0 Å². The third kappa shape index (κ3) is 8.25. The summed E-state index contributed by atoms with van der Waals surface area (Å²) in [7, 11) is 0. The van der Waals surface area contributed by atoms with Crippen molar-refractivity contribution < 1.29 is 32.3 Å². The van der Waals surface area contributed by atoms with Gasteiger partial charge in [-0.3, -0.25) is 9.59 Å². The van der Waals surface area contributed by atoms with Crippen LogP contribution in [0.1, 0.15) is 16.7 Å². The molecular weight excluding hydrogens is 550 g/mol. The Hall–Kier alpha value is -3.51. The number of urea groups is 1. The van der Waals surface area contributed by atoms with Gasteiger partial charge in [0.2, 0.25) is 0 Å². The third-order valence-corrected chi connectivity index (χ3v) is 5.78. The van der Waals surface area contributed by atoms with Crippen LogP contribution in [0.15, 0.2) is 47.5 Å². The fraction of sp³-hybridized carbons (Fsp3) is 0.333. The lowest BCUT2D eigenvalue weighted by atomic mass is 10.1. The molecule has 0 saturated heterocycles. The summed E-state index contributed by atoms with van der Waals surface area (Å²) in [6.45, 7) is 1.77. The molecule has 0 saturated carbocycles. The monoisotopic (exact) mass is 573 g/mol. The van der Waals surface area contributed by atoms with Crippen LogP contribution in [-0.4, -0.2) is 60.4 Å². The number of esters is 1. The summed E-state index contributed by atoms with van der Waals surface area (Å²) in [6.07, 6.45) is -5.30. The highest BCUT2D eigenvalue weighted by Crippen LogP contribution is 2.29. The smallest absolute Gasteiger partial charge is 0.416 e. The molecule has 14 heteroatoms. The topological polar surface area (TPSA) is 112 Å². The fourth-order valence-electron chi connectivity index (χ4n) is 3.53. The highest BCUT2D eigenvalue weighted by molar-refractivity contribution is 6.38. The number of amidine groups is 1. The average Bonchev–Trinajstić information content (AvgIpc) is 3.24. The van der Waals surface area contributed by atoms with Gasteiger partial charge in [-0.2, -0.15) is 13.2 Å². The first-order valence-corrected chi connectivity index (χ1v) is 12.2. The Morgan fingerprint density at radius 3 is 2.50 bits per heavy atom. The van der Waals surface area contributed by atoms with E-state index in [0.717, 1.165) is 17.7 Å². The first-order chi connectivity index (χ1) is 18.0. The number of hydrogen-bond donors (Lipinski definition) is 3. The largest absolute Gasteiger partial charge is 0.463 e. The minimum absolute atomic E-state index is 0.0248. The molecule has 0 fully saturated rings. The lowest BCUT2D eigenvalue weighted by Crippen LogP contribution is -2.43. The number of benzene rings is 2. The molecule has 0 radical (unpaired) electrons. The highest BCUT2D eigenvalue weighted by Gasteiger charge is 2.32. The molecule has 9 nitrogen and oxygen atoms in total. The van der Waals surface area contributed by atoms with Crippen LogP contribution in [0.25, 0.3) is 0 Å². The van der Waals surface area contributed by atoms with Crippen LogP contribution in [0.5, 0.6) is 0 Å². The molecule has 1 aliphatic rings. The van der Waals surface area contributed by atoms with Gasteiger partial charge in [-0.15, -0.1) is 11.6 Å². The van der Waals surface area contributed by atoms with Crippen molar-refractivity contribution >= 4 is 52.6 Å². The minimum Gasteiger partial charge on any atom is -0.463 e. The summed E-state index contributed by atoms with van der Waals surface area (Å²) in [4.78, 5) is 42.4. The molecule has 0 bridgehead atoms. The third-order valence-electron chi connectivity index (χ3n) is 5.32. The molecule has 3 N–H and O–H groups in total. The number of amides is 3. The Labute approximate surface area is 226 Å². The first-order valence-electron chi connectivity index (χ1n) is 11.3. The molecule has 1 heterocycles. The van der Waals surface area contributed by atoms with Gasteiger partial charge in [-0.05, 0) is 48.4 Å². The minimum atomic E-state index is -4.48. The maximum atomic E-state index is 12.9. The van der Waals surface area contributed by atoms with Gasteiger partial charge in [0.25, 0.3) is 5.91 Å². The van der Waals surface area contributed by atoms with Crippen molar-refractivity contribution in [3.05, 3.63) is 64.2 Å². The molecule has 0 aromatic heterocycles. The van der Waals surface area contributed by atoms with Crippen molar-refractivity contribution in [3.8, 4) is 0 Å². The van der Waals surface area contributed by atoms with Crippen LogP contribution < -0.4 is 16.0 Å². The number of carbonyl (C=O) groups excluding carboxylic acids is 3. The van der Waals surface area contributed by atoms with Gasteiger partial charge >= 0.3 is 18.2 Å². The Morgan fingerprint density at radius 1 is 1.16 bits per heavy atom. The number of hydrogen-bond acceptors (Lipinski definition) is 6. The van der Waals surface area contributed by atoms with E-state index in [1.165, 1.54) is 17.0 Å². The van der Waals surface area contributed by atoms with Gasteiger partial charge in [0.1, 0.15) is 18.7 Å². The number of alkyl halides is 4. The van der Waals surface area contributed by atoms with E-state index in [1.807, 2.05) is 0 Å². The lowest BCUT2D eigenvalue weighted by Gasteiger charge is -2.21. The van der Waals surface area contributed by atoms with E-state index >= 15 is 0 Å². The van der Waals surface area contributed by atoms with Gasteiger partial charge in [-0.1, -0.05) is 23.7 Å². The molecule has 204 valence electrons. The zero-order valence-corrected chi connectivity index (χ0v) is 21.6. The van der Waals surface area contributed by atoms with Crippen LogP contribution in [0, 0.1) is 6.92 Å². The summed E-state index contributed by atoms with van der Waals surface area (Å²) in [5.41, 5.74) is 0.965. The second-order valence-electron chi connectivity index (χ2n) is 8.21. The molecule has 2 aromatic carbocycles. The Balaban J connectivity index is 1.69. The first kappa shape index (κ1) is 29.1.